The quantitative estimate of drug-likeness (QED) is 0.621. The molecule has 0 spiro atoms. The number of hydrogen-bond donors (Lipinski definition) is 0. The highest BCUT2D eigenvalue weighted by molar-refractivity contribution is 14.1. The van der Waals surface area contributed by atoms with Crippen LogP contribution >= 0.6 is 38.5 Å². The topological polar surface area (TPSA) is 20.3 Å². The average molecular weight is 442 g/mol. The van der Waals surface area contributed by atoms with Crippen molar-refractivity contribution < 1.29 is 4.79 Å². The van der Waals surface area contributed by atoms with Gasteiger partial charge in [0.25, 0.3) is 5.91 Å². The van der Waals surface area contributed by atoms with Crippen molar-refractivity contribution in [2.45, 2.75) is 6.54 Å². The largest absolute Gasteiger partial charge is 0.311 e. The van der Waals surface area contributed by atoms with Crippen molar-refractivity contribution in [2.24, 2.45) is 0 Å². The van der Waals surface area contributed by atoms with Crippen molar-refractivity contribution in [3.05, 3.63) is 80.5 Å². The Morgan fingerprint density at radius 2 is 1.85 bits per heavy atom. The predicted octanol–water partition coefficient (Wildman–Crippen LogP) is 4.84. The fourth-order valence-electron chi connectivity index (χ4n) is 1.82. The Balaban J connectivity index is 2.25. The first-order chi connectivity index (χ1) is 9.63. The van der Waals surface area contributed by atoms with Crippen LogP contribution in [0.4, 0.5) is 0 Å². The van der Waals surface area contributed by atoms with E-state index in [0.29, 0.717) is 12.1 Å². The zero-order chi connectivity index (χ0) is 14.5. The molecule has 1 amide bonds. The van der Waals surface area contributed by atoms with E-state index in [1.807, 2.05) is 48.5 Å². The number of rotatable bonds is 4. The lowest BCUT2D eigenvalue weighted by atomic mass is 10.1. The number of halogens is 2. The molecule has 20 heavy (non-hydrogen) atoms. The summed E-state index contributed by atoms with van der Waals surface area (Å²) in [6.07, 6.45) is 1.57. The molecule has 0 aliphatic heterocycles. The third-order valence-corrected chi connectivity index (χ3v) is 4.60. The Morgan fingerprint density at radius 1 is 1.20 bits per heavy atom. The van der Waals surface area contributed by atoms with Gasteiger partial charge in [0.1, 0.15) is 0 Å². The maximum absolute atomic E-state index is 12.5. The van der Waals surface area contributed by atoms with Crippen molar-refractivity contribution in [3.8, 4) is 0 Å². The lowest BCUT2D eigenvalue weighted by molar-refractivity contribution is 0.0813. The van der Waals surface area contributed by atoms with Crippen molar-refractivity contribution in [3.63, 3.8) is 0 Å². The van der Waals surface area contributed by atoms with Gasteiger partial charge in [0.05, 0.1) is 12.1 Å². The van der Waals surface area contributed by atoms with Gasteiger partial charge >= 0.3 is 0 Å². The van der Waals surface area contributed by atoms with Crippen molar-refractivity contribution in [1.82, 2.24) is 4.90 Å². The van der Waals surface area contributed by atoms with Gasteiger partial charge in [-0.15, -0.1) is 0 Å². The monoisotopic (exact) mass is 441 g/mol. The van der Waals surface area contributed by atoms with Crippen LogP contribution in [0.1, 0.15) is 15.9 Å². The lowest BCUT2D eigenvalue weighted by Crippen LogP contribution is -2.25. The van der Waals surface area contributed by atoms with Gasteiger partial charge in [0, 0.05) is 14.2 Å². The molecule has 102 valence electrons. The van der Waals surface area contributed by atoms with E-state index < -0.39 is 0 Å². The smallest absolute Gasteiger partial charge is 0.259 e. The molecule has 4 heteroatoms. The van der Waals surface area contributed by atoms with E-state index in [1.165, 1.54) is 0 Å². The highest BCUT2D eigenvalue weighted by Gasteiger charge is 2.16. The first kappa shape index (κ1) is 15.3. The Bertz CT molecular complexity index is 642. The van der Waals surface area contributed by atoms with E-state index in [2.05, 4.69) is 45.1 Å². The van der Waals surface area contributed by atoms with E-state index in [0.717, 1.165) is 13.6 Å². The fourth-order valence-corrected chi connectivity index (χ4v) is 2.85. The zero-order valence-corrected chi connectivity index (χ0v) is 14.5. The number of carbonyl (C=O) groups is 1. The first-order valence-corrected chi connectivity index (χ1v) is 7.92. The van der Waals surface area contributed by atoms with Gasteiger partial charge in [0.15, 0.2) is 0 Å². The van der Waals surface area contributed by atoms with Crippen LogP contribution in [0.2, 0.25) is 0 Å². The number of benzene rings is 2. The number of carbonyl (C=O) groups excluding carboxylic acids is 1. The van der Waals surface area contributed by atoms with Gasteiger partial charge in [-0.25, -0.2) is 0 Å². The molecule has 0 bridgehead atoms. The summed E-state index contributed by atoms with van der Waals surface area (Å²) in [4.78, 5) is 14.2. The maximum Gasteiger partial charge on any atom is 0.259 e. The first-order valence-electron chi connectivity index (χ1n) is 6.05. The molecule has 2 aromatic rings. The summed E-state index contributed by atoms with van der Waals surface area (Å²) >= 11 is 5.67. The fraction of sp³-hybridized carbons (Fsp3) is 0.0625. The Labute approximate surface area is 140 Å². The minimum Gasteiger partial charge on any atom is -0.311 e. The minimum atomic E-state index is -0.0410. The van der Waals surface area contributed by atoms with Crippen LogP contribution in [0.5, 0.6) is 0 Å². The predicted molar refractivity (Wildman–Crippen MR) is 93.4 cm³/mol. The van der Waals surface area contributed by atoms with E-state index in [9.17, 15) is 4.79 Å². The highest BCUT2D eigenvalue weighted by Crippen LogP contribution is 2.20. The molecule has 2 nitrogen and oxygen atoms in total. The second-order valence-electron chi connectivity index (χ2n) is 4.19. The summed E-state index contributed by atoms with van der Waals surface area (Å²) in [5.41, 5.74) is 1.74. The Morgan fingerprint density at radius 3 is 2.50 bits per heavy atom. The van der Waals surface area contributed by atoms with E-state index in [4.69, 9.17) is 0 Å². The van der Waals surface area contributed by atoms with Crippen LogP contribution in [-0.2, 0) is 6.54 Å². The molecule has 2 aromatic carbocycles. The van der Waals surface area contributed by atoms with Crippen LogP contribution in [0, 0.1) is 3.57 Å². The van der Waals surface area contributed by atoms with Crippen LogP contribution in [-0.4, -0.2) is 10.8 Å². The SMILES string of the molecule is C=CN(Cc1ccccc1Br)C(=O)c1ccccc1I. The van der Waals surface area contributed by atoms with Gasteiger partial charge in [-0.3, -0.25) is 4.79 Å². The van der Waals surface area contributed by atoms with Crippen molar-refractivity contribution in [2.75, 3.05) is 0 Å². The van der Waals surface area contributed by atoms with Gasteiger partial charge in [-0.1, -0.05) is 52.8 Å². The highest BCUT2D eigenvalue weighted by atomic mass is 127. The van der Waals surface area contributed by atoms with Gasteiger partial charge < -0.3 is 4.90 Å². The summed E-state index contributed by atoms with van der Waals surface area (Å²) in [6.45, 7) is 4.25. The second-order valence-corrected chi connectivity index (χ2v) is 6.20. The molecule has 0 radical (unpaired) electrons. The van der Waals surface area contributed by atoms with Crippen molar-refractivity contribution >= 4 is 44.4 Å². The summed E-state index contributed by atoms with van der Waals surface area (Å²) in [5, 5.41) is 0. The summed E-state index contributed by atoms with van der Waals surface area (Å²) < 4.78 is 1.93. The van der Waals surface area contributed by atoms with Crippen LogP contribution in [0.25, 0.3) is 0 Å². The molecule has 2 rings (SSSR count). The zero-order valence-electron chi connectivity index (χ0n) is 10.7. The molecule has 0 heterocycles. The average Bonchev–Trinajstić information content (AvgIpc) is 2.46. The number of amides is 1. The van der Waals surface area contributed by atoms with Crippen LogP contribution < -0.4 is 0 Å². The molecule has 0 aliphatic carbocycles. The molecule has 0 N–H and O–H groups in total. The molecule has 0 atom stereocenters. The van der Waals surface area contributed by atoms with Crippen molar-refractivity contribution in [1.29, 1.82) is 0 Å². The second kappa shape index (κ2) is 7.04. The van der Waals surface area contributed by atoms with E-state index in [1.54, 1.807) is 11.1 Å². The molecule has 0 fully saturated rings. The molecule has 0 unspecified atom stereocenters. The third-order valence-electron chi connectivity index (χ3n) is 2.88. The maximum atomic E-state index is 12.5. The molecular formula is C16H13BrINO. The molecule has 0 saturated carbocycles. The van der Waals surface area contributed by atoms with E-state index in [-0.39, 0.29) is 5.91 Å². The molecule has 0 aromatic heterocycles. The van der Waals surface area contributed by atoms with Gasteiger partial charge in [-0.05, 0) is 46.4 Å². The Hall–Kier alpha value is -1.14. The van der Waals surface area contributed by atoms with Crippen LogP contribution in [0.15, 0.2) is 65.8 Å². The minimum absolute atomic E-state index is 0.0410. The Kier molecular flexibility index (Phi) is 5.37. The third kappa shape index (κ3) is 3.49. The van der Waals surface area contributed by atoms with Gasteiger partial charge in [-0.2, -0.15) is 0 Å². The normalized spacial score (nSPS) is 10.1. The molecule has 0 saturated heterocycles. The summed E-state index contributed by atoms with van der Waals surface area (Å²) in [7, 11) is 0. The number of nitrogens with zero attached hydrogens (tertiary/aromatic N) is 1. The lowest BCUT2D eigenvalue weighted by Gasteiger charge is -2.19. The molecule has 0 aliphatic rings. The van der Waals surface area contributed by atoms with E-state index >= 15 is 0 Å². The van der Waals surface area contributed by atoms with Gasteiger partial charge in [0.2, 0.25) is 0 Å². The standard InChI is InChI=1S/C16H13BrINO/c1-2-19(11-12-7-3-5-9-14(12)17)16(20)13-8-4-6-10-15(13)18/h2-10H,1,11H2. The summed E-state index contributed by atoms with van der Waals surface area (Å²) in [6, 6.07) is 15.4. The number of hydrogen-bond acceptors (Lipinski definition) is 1. The molecular weight excluding hydrogens is 429 g/mol. The van der Waals surface area contributed by atoms with Crippen LogP contribution in [0.3, 0.4) is 0 Å². The summed E-state index contributed by atoms with van der Waals surface area (Å²) in [5.74, 6) is -0.0410.